The van der Waals surface area contributed by atoms with E-state index in [9.17, 15) is 10.2 Å². The van der Waals surface area contributed by atoms with Gasteiger partial charge in [0.2, 0.25) is 0 Å². The third-order valence-electron chi connectivity index (χ3n) is 13.0. The highest BCUT2D eigenvalue weighted by Gasteiger charge is 2.29. The summed E-state index contributed by atoms with van der Waals surface area (Å²) in [6.07, 6.45) is 4.06. The summed E-state index contributed by atoms with van der Waals surface area (Å²) < 4.78 is 51.1. The third-order valence-corrected chi connectivity index (χ3v) is 13.0. The van der Waals surface area contributed by atoms with Crippen LogP contribution in [0, 0.1) is 0 Å². The molecule has 0 unspecified atom stereocenters. The topological polar surface area (TPSA) is 114 Å². The predicted octanol–water partition coefficient (Wildman–Crippen LogP) is 11.9. The Balaban J connectivity index is 1.87. The quantitative estimate of drug-likeness (QED) is 0.0579. The number of ether oxygens (including phenoxy) is 8. The molecule has 1 aliphatic carbocycles. The number of hydrogen-bond donors (Lipinski definition) is 2. The van der Waals surface area contributed by atoms with Gasteiger partial charge in [-0.05, 0) is 101 Å². The van der Waals surface area contributed by atoms with E-state index in [0.717, 1.165) is 80.3 Å². The Hall–Kier alpha value is -4.16. The van der Waals surface area contributed by atoms with Crippen molar-refractivity contribution in [2.45, 2.75) is 157 Å². The fourth-order valence-corrected chi connectivity index (χ4v) is 8.95. The number of benzene rings is 4. The molecular weight excluding hydrogens is 905 g/mol. The first-order valence-corrected chi connectivity index (χ1v) is 26.8. The lowest BCUT2D eigenvalue weighted by Crippen LogP contribution is -2.19. The summed E-state index contributed by atoms with van der Waals surface area (Å²) in [5, 5.41) is 18.4. The molecule has 72 heavy (non-hydrogen) atoms. The van der Waals surface area contributed by atoms with Gasteiger partial charge in [0, 0.05) is 25.7 Å². The van der Waals surface area contributed by atoms with Gasteiger partial charge in [0.15, 0.2) is 0 Å². The van der Waals surface area contributed by atoms with Crippen molar-refractivity contribution in [3.05, 3.63) is 115 Å². The highest BCUT2D eigenvalue weighted by atomic mass is 16.6. The molecule has 0 spiro atoms. The Morgan fingerprint density at radius 1 is 0.306 bits per heavy atom. The lowest BCUT2D eigenvalue weighted by molar-refractivity contribution is 0.0246. The van der Waals surface area contributed by atoms with Gasteiger partial charge in [0.25, 0.3) is 0 Å². The Morgan fingerprint density at radius 2 is 0.500 bits per heavy atom. The molecule has 1 aliphatic rings. The van der Waals surface area contributed by atoms with Gasteiger partial charge in [-0.1, -0.05) is 145 Å². The molecule has 4 aromatic rings. The maximum atomic E-state index is 9.20. The molecule has 8 bridgehead atoms. The molecule has 0 aliphatic heterocycles. The SMILES string of the molecule is CCCOc1c2cc(C(C)(C)C)cc1Cc1cc(C(C)(C)C)cc(c1OCCOCCOCCO)Cc1cc(C(C)(C)C)cc(c1OCCC)Cc1cc(C(C)(C)C)cc(c1OCCOCCOCCO)C2. The molecule has 0 atom stereocenters. The molecule has 0 saturated carbocycles. The van der Waals surface area contributed by atoms with E-state index < -0.39 is 0 Å². The van der Waals surface area contributed by atoms with Crippen molar-refractivity contribution < 1.29 is 48.1 Å². The lowest BCUT2D eigenvalue weighted by Gasteiger charge is -2.29. The predicted molar refractivity (Wildman–Crippen MR) is 292 cm³/mol. The molecule has 4 aromatic carbocycles. The number of fused-ring (bicyclic) bond motifs is 8. The van der Waals surface area contributed by atoms with Gasteiger partial charge in [-0.2, -0.15) is 0 Å². The van der Waals surface area contributed by atoms with Gasteiger partial charge < -0.3 is 48.1 Å². The smallest absolute Gasteiger partial charge is 0.126 e. The van der Waals surface area contributed by atoms with Crippen LogP contribution in [-0.2, 0) is 66.3 Å². The second kappa shape index (κ2) is 26.9. The van der Waals surface area contributed by atoms with Crippen LogP contribution < -0.4 is 18.9 Å². The minimum absolute atomic E-state index is 0.0168. The van der Waals surface area contributed by atoms with Crippen molar-refractivity contribution in [3.63, 3.8) is 0 Å². The Bertz CT molecular complexity index is 2060. The summed E-state index contributed by atoms with van der Waals surface area (Å²) in [6, 6.07) is 18.9. The molecule has 400 valence electrons. The molecule has 2 N–H and O–H groups in total. The Labute approximate surface area is 434 Å². The van der Waals surface area contributed by atoms with Crippen LogP contribution in [0.25, 0.3) is 0 Å². The van der Waals surface area contributed by atoms with Crippen LogP contribution >= 0.6 is 0 Å². The van der Waals surface area contributed by atoms with Gasteiger partial charge in [-0.15, -0.1) is 0 Å². The van der Waals surface area contributed by atoms with Crippen LogP contribution in [0.5, 0.6) is 23.0 Å². The van der Waals surface area contributed by atoms with E-state index in [-0.39, 0.29) is 48.1 Å². The number of aliphatic hydroxyl groups is 2. The standard InChI is InChI=1S/C62H92O10/c1-15-19-69-55-43-31-47-39-53(61(9,10)11)41-49(57(47)71-29-27-67-25-23-65-21-17-63)33-45-37-52(60(6,7)8)38-46(56(45)70-20-16-2)34-50-42-54(62(12,13)14)40-48(32-44(55)36-51(35-43)59(3,4)5)58(50)72-30-28-68-26-24-66-22-18-64/h35-42,63-64H,15-34H2,1-14H3. The van der Waals surface area contributed by atoms with Crippen LogP contribution in [-0.4, -0.2) is 103 Å². The van der Waals surface area contributed by atoms with Crippen LogP contribution in [0.15, 0.2) is 48.5 Å². The van der Waals surface area contributed by atoms with E-state index in [2.05, 4.69) is 145 Å². The normalized spacial score (nSPS) is 13.3. The van der Waals surface area contributed by atoms with Crippen molar-refractivity contribution in [1.82, 2.24) is 0 Å². The lowest BCUT2D eigenvalue weighted by atomic mass is 9.79. The van der Waals surface area contributed by atoms with Crippen LogP contribution in [0.2, 0.25) is 0 Å². The zero-order valence-corrected chi connectivity index (χ0v) is 46.9. The van der Waals surface area contributed by atoms with Crippen molar-refractivity contribution in [2.24, 2.45) is 0 Å². The van der Waals surface area contributed by atoms with Crippen LogP contribution in [0.4, 0.5) is 0 Å². The molecule has 0 radical (unpaired) electrons. The first-order chi connectivity index (χ1) is 34.1. The molecule has 0 aromatic heterocycles. The maximum Gasteiger partial charge on any atom is 0.126 e. The van der Waals surface area contributed by atoms with Gasteiger partial charge in [0.05, 0.1) is 79.3 Å². The van der Waals surface area contributed by atoms with Gasteiger partial charge >= 0.3 is 0 Å². The van der Waals surface area contributed by atoms with Crippen LogP contribution in [0.3, 0.4) is 0 Å². The van der Waals surface area contributed by atoms with E-state index in [1.54, 1.807) is 0 Å². The van der Waals surface area contributed by atoms with Crippen molar-refractivity contribution >= 4 is 0 Å². The van der Waals surface area contributed by atoms with Crippen molar-refractivity contribution in [2.75, 3.05) is 92.5 Å². The largest absolute Gasteiger partial charge is 0.493 e. The molecule has 0 fully saturated rings. The van der Waals surface area contributed by atoms with E-state index in [1.165, 1.54) is 22.3 Å². The van der Waals surface area contributed by atoms with Crippen molar-refractivity contribution in [1.29, 1.82) is 0 Å². The second-order valence-electron chi connectivity index (χ2n) is 23.5. The van der Waals surface area contributed by atoms with Gasteiger partial charge in [-0.3, -0.25) is 0 Å². The van der Waals surface area contributed by atoms with Gasteiger partial charge in [-0.25, -0.2) is 0 Å². The highest BCUT2D eigenvalue weighted by molar-refractivity contribution is 5.60. The first-order valence-electron chi connectivity index (χ1n) is 26.8. The third kappa shape index (κ3) is 16.9. The molecule has 0 heterocycles. The second-order valence-corrected chi connectivity index (χ2v) is 23.5. The number of aliphatic hydroxyl groups excluding tert-OH is 2. The first kappa shape index (κ1) is 58.7. The van der Waals surface area contributed by atoms with E-state index in [4.69, 9.17) is 37.9 Å². The summed E-state index contributed by atoms with van der Waals surface area (Å²) in [7, 11) is 0. The Morgan fingerprint density at radius 3 is 0.694 bits per heavy atom. The zero-order valence-electron chi connectivity index (χ0n) is 46.9. The van der Waals surface area contributed by atoms with E-state index in [0.29, 0.717) is 91.8 Å². The van der Waals surface area contributed by atoms with Crippen molar-refractivity contribution in [3.8, 4) is 23.0 Å². The molecule has 5 rings (SSSR count). The average Bonchev–Trinajstić information content (AvgIpc) is 3.29. The summed E-state index contributed by atoms with van der Waals surface area (Å²) in [5.41, 5.74) is 13.1. The molecule has 10 nitrogen and oxygen atoms in total. The minimum Gasteiger partial charge on any atom is -0.493 e. The fraction of sp³-hybridized carbons (Fsp3) is 0.613. The molecule has 0 saturated heterocycles. The molecular formula is C62H92O10. The fourth-order valence-electron chi connectivity index (χ4n) is 8.95. The van der Waals surface area contributed by atoms with Crippen LogP contribution in [0.1, 0.15) is 177 Å². The summed E-state index contributed by atoms with van der Waals surface area (Å²) in [4.78, 5) is 0. The summed E-state index contributed by atoms with van der Waals surface area (Å²) in [5.74, 6) is 3.54. The van der Waals surface area contributed by atoms with Gasteiger partial charge in [0.1, 0.15) is 36.2 Å². The summed E-state index contributed by atoms with van der Waals surface area (Å²) in [6.45, 7) is 36.6. The molecule has 0 amide bonds. The number of rotatable bonds is 24. The minimum atomic E-state index is -0.165. The average molecular weight is 997 g/mol. The highest BCUT2D eigenvalue weighted by Crippen LogP contribution is 2.44. The number of hydrogen-bond acceptors (Lipinski definition) is 10. The summed E-state index contributed by atoms with van der Waals surface area (Å²) >= 11 is 0. The van der Waals surface area contributed by atoms with E-state index in [1.807, 2.05) is 0 Å². The monoisotopic (exact) mass is 997 g/mol. The van der Waals surface area contributed by atoms with E-state index >= 15 is 0 Å². The zero-order chi connectivity index (χ0) is 52.7. The Kier molecular flexibility index (Phi) is 21.9. The maximum absolute atomic E-state index is 9.20. The molecule has 10 heteroatoms.